The largest absolute Gasteiger partial charge is 0.354 e. The monoisotopic (exact) mass is 199 g/mol. The summed E-state index contributed by atoms with van der Waals surface area (Å²) in [7, 11) is 0. The van der Waals surface area contributed by atoms with Crippen LogP contribution in [0.2, 0.25) is 0 Å². The van der Waals surface area contributed by atoms with Crippen molar-refractivity contribution in [3.63, 3.8) is 0 Å². The first-order chi connectivity index (χ1) is 6.16. The number of nitrogens with one attached hydrogen (secondary N) is 1. The van der Waals surface area contributed by atoms with E-state index in [0.29, 0.717) is 5.92 Å². The summed E-state index contributed by atoms with van der Waals surface area (Å²) in [6, 6.07) is 0.228. The fraction of sp³-hybridized carbons (Fsp3) is 0.917. The van der Waals surface area contributed by atoms with Gasteiger partial charge in [-0.15, -0.1) is 0 Å². The van der Waals surface area contributed by atoms with Crippen LogP contribution in [0.5, 0.6) is 0 Å². The molecular formula is C12H25NO. The SMILES string of the molecule is CC(C)NC(=O)[C@@H](C(C)C)C(C)(C)C. The third-order valence-electron chi connectivity index (χ3n) is 2.31. The minimum absolute atomic E-state index is 0.0349. The van der Waals surface area contributed by atoms with E-state index in [-0.39, 0.29) is 23.3 Å². The molecule has 0 aromatic heterocycles. The van der Waals surface area contributed by atoms with E-state index in [9.17, 15) is 4.79 Å². The number of carbonyl (C=O) groups is 1. The number of rotatable bonds is 3. The molecule has 2 nitrogen and oxygen atoms in total. The maximum Gasteiger partial charge on any atom is 0.224 e. The fourth-order valence-electron chi connectivity index (χ4n) is 2.07. The Kier molecular flexibility index (Phi) is 4.63. The van der Waals surface area contributed by atoms with Crippen molar-refractivity contribution in [2.24, 2.45) is 17.3 Å². The molecule has 1 atom stereocenters. The van der Waals surface area contributed by atoms with Crippen LogP contribution in [0, 0.1) is 17.3 Å². The Hall–Kier alpha value is -0.530. The molecule has 0 saturated carbocycles. The summed E-state index contributed by atoms with van der Waals surface area (Å²) in [6.45, 7) is 14.6. The van der Waals surface area contributed by atoms with E-state index in [4.69, 9.17) is 0 Å². The summed E-state index contributed by atoms with van der Waals surface area (Å²) >= 11 is 0. The molecule has 0 fully saturated rings. The first kappa shape index (κ1) is 13.5. The summed E-state index contributed by atoms with van der Waals surface area (Å²) < 4.78 is 0. The molecule has 0 aromatic carbocycles. The summed E-state index contributed by atoms with van der Waals surface area (Å²) in [6.07, 6.45) is 0. The number of amides is 1. The number of carbonyl (C=O) groups excluding carboxylic acids is 1. The van der Waals surface area contributed by atoms with Crippen molar-refractivity contribution < 1.29 is 4.79 Å². The van der Waals surface area contributed by atoms with E-state index in [1.807, 2.05) is 13.8 Å². The highest BCUT2D eigenvalue weighted by Crippen LogP contribution is 2.32. The highest BCUT2D eigenvalue weighted by atomic mass is 16.2. The normalized spacial score (nSPS) is 14.6. The van der Waals surface area contributed by atoms with Crippen LogP contribution in [0.3, 0.4) is 0 Å². The van der Waals surface area contributed by atoms with E-state index < -0.39 is 0 Å². The average Bonchev–Trinajstić information content (AvgIpc) is 1.78. The lowest BCUT2D eigenvalue weighted by Gasteiger charge is -2.33. The lowest BCUT2D eigenvalue weighted by atomic mass is 9.73. The lowest BCUT2D eigenvalue weighted by Crippen LogP contribution is -2.43. The van der Waals surface area contributed by atoms with Gasteiger partial charge in [-0.3, -0.25) is 4.79 Å². The van der Waals surface area contributed by atoms with Crippen molar-refractivity contribution in [3.05, 3.63) is 0 Å². The van der Waals surface area contributed by atoms with Crippen LogP contribution in [0.15, 0.2) is 0 Å². The molecule has 0 saturated heterocycles. The van der Waals surface area contributed by atoms with E-state index >= 15 is 0 Å². The molecule has 0 rings (SSSR count). The van der Waals surface area contributed by atoms with E-state index in [0.717, 1.165) is 0 Å². The fourth-order valence-corrected chi connectivity index (χ4v) is 2.07. The van der Waals surface area contributed by atoms with Crippen molar-refractivity contribution in [2.45, 2.75) is 54.5 Å². The quantitative estimate of drug-likeness (QED) is 0.744. The summed E-state index contributed by atoms with van der Waals surface area (Å²) in [5.41, 5.74) is 0.0349. The smallest absolute Gasteiger partial charge is 0.224 e. The zero-order valence-electron chi connectivity index (χ0n) is 10.6. The Morgan fingerprint density at radius 1 is 1.07 bits per heavy atom. The Morgan fingerprint density at radius 2 is 1.50 bits per heavy atom. The van der Waals surface area contributed by atoms with Crippen molar-refractivity contribution in [2.75, 3.05) is 0 Å². The van der Waals surface area contributed by atoms with Crippen molar-refractivity contribution >= 4 is 5.91 Å². The van der Waals surface area contributed by atoms with Crippen molar-refractivity contribution in [1.29, 1.82) is 0 Å². The van der Waals surface area contributed by atoms with Gasteiger partial charge in [0.2, 0.25) is 5.91 Å². The molecule has 1 N–H and O–H groups in total. The molecule has 0 radical (unpaired) electrons. The van der Waals surface area contributed by atoms with Gasteiger partial charge in [0.15, 0.2) is 0 Å². The summed E-state index contributed by atoms with van der Waals surface area (Å²) in [5.74, 6) is 0.654. The number of hydrogen-bond donors (Lipinski definition) is 1. The van der Waals surface area contributed by atoms with Crippen LogP contribution in [0.1, 0.15) is 48.5 Å². The van der Waals surface area contributed by atoms with Gasteiger partial charge in [-0.05, 0) is 25.2 Å². The van der Waals surface area contributed by atoms with Crippen LogP contribution in [0.4, 0.5) is 0 Å². The standard InChI is InChI=1S/C12H25NO/c1-8(2)10(12(5,6)7)11(14)13-9(3)4/h8-10H,1-7H3,(H,13,14)/t10-/m1/s1. The third-order valence-corrected chi connectivity index (χ3v) is 2.31. The van der Waals surface area contributed by atoms with Gasteiger partial charge in [-0.2, -0.15) is 0 Å². The van der Waals surface area contributed by atoms with Crippen LogP contribution in [-0.2, 0) is 4.79 Å². The minimum atomic E-state index is 0.0349. The topological polar surface area (TPSA) is 29.1 Å². The third kappa shape index (κ3) is 4.12. The Bertz CT molecular complexity index is 189. The van der Waals surface area contributed by atoms with Crippen molar-refractivity contribution in [3.8, 4) is 0 Å². The second-order valence-electron chi connectivity index (χ2n) is 5.75. The molecule has 0 aliphatic heterocycles. The van der Waals surface area contributed by atoms with Crippen LogP contribution >= 0.6 is 0 Å². The highest BCUT2D eigenvalue weighted by molar-refractivity contribution is 5.79. The predicted molar refractivity (Wildman–Crippen MR) is 61.1 cm³/mol. The second-order valence-corrected chi connectivity index (χ2v) is 5.75. The first-order valence-electron chi connectivity index (χ1n) is 5.46. The van der Waals surface area contributed by atoms with Crippen molar-refractivity contribution in [1.82, 2.24) is 5.32 Å². The van der Waals surface area contributed by atoms with Gasteiger partial charge in [0.05, 0.1) is 0 Å². The van der Waals surface area contributed by atoms with Gasteiger partial charge in [-0.25, -0.2) is 0 Å². The minimum Gasteiger partial charge on any atom is -0.354 e. The maximum absolute atomic E-state index is 11.9. The average molecular weight is 199 g/mol. The van der Waals surface area contributed by atoms with Crippen LogP contribution in [-0.4, -0.2) is 11.9 Å². The summed E-state index contributed by atoms with van der Waals surface area (Å²) in [5, 5.41) is 2.99. The van der Waals surface area contributed by atoms with Crippen LogP contribution < -0.4 is 5.32 Å². The molecule has 1 amide bonds. The second kappa shape index (κ2) is 4.81. The van der Waals surface area contributed by atoms with Gasteiger partial charge in [0.1, 0.15) is 0 Å². The van der Waals surface area contributed by atoms with Gasteiger partial charge in [0, 0.05) is 12.0 Å². The molecule has 84 valence electrons. The molecule has 0 aliphatic rings. The Balaban J connectivity index is 4.60. The van der Waals surface area contributed by atoms with E-state index in [2.05, 4.69) is 39.9 Å². The number of hydrogen-bond acceptors (Lipinski definition) is 1. The van der Waals surface area contributed by atoms with E-state index in [1.165, 1.54) is 0 Å². The molecular weight excluding hydrogens is 174 g/mol. The molecule has 0 spiro atoms. The molecule has 0 bridgehead atoms. The zero-order chi connectivity index (χ0) is 11.5. The highest BCUT2D eigenvalue weighted by Gasteiger charge is 2.33. The van der Waals surface area contributed by atoms with Crippen LogP contribution in [0.25, 0.3) is 0 Å². The van der Waals surface area contributed by atoms with Gasteiger partial charge < -0.3 is 5.32 Å². The first-order valence-corrected chi connectivity index (χ1v) is 5.46. The molecule has 0 aliphatic carbocycles. The van der Waals surface area contributed by atoms with E-state index in [1.54, 1.807) is 0 Å². The molecule has 0 unspecified atom stereocenters. The maximum atomic E-state index is 11.9. The Labute approximate surface area is 88.5 Å². The molecule has 2 heteroatoms. The van der Waals surface area contributed by atoms with Gasteiger partial charge >= 0.3 is 0 Å². The molecule has 14 heavy (non-hydrogen) atoms. The molecule has 0 heterocycles. The van der Waals surface area contributed by atoms with Gasteiger partial charge in [-0.1, -0.05) is 34.6 Å². The zero-order valence-corrected chi connectivity index (χ0v) is 10.6. The molecule has 0 aromatic rings. The van der Waals surface area contributed by atoms with Gasteiger partial charge in [0.25, 0.3) is 0 Å². The predicted octanol–water partition coefficient (Wildman–Crippen LogP) is 2.83. The summed E-state index contributed by atoms with van der Waals surface area (Å²) in [4.78, 5) is 11.9. The lowest BCUT2D eigenvalue weighted by molar-refractivity contribution is -0.130. The Morgan fingerprint density at radius 3 is 1.71 bits per heavy atom.